The second-order valence-corrected chi connectivity index (χ2v) is 4.52. The summed E-state index contributed by atoms with van der Waals surface area (Å²) in [5, 5.41) is 3.37. The van der Waals surface area contributed by atoms with Crippen LogP contribution in [-0.4, -0.2) is 17.6 Å². The van der Waals surface area contributed by atoms with E-state index in [4.69, 9.17) is 4.74 Å². The van der Waals surface area contributed by atoms with E-state index >= 15 is 0 Å². The molecule has 0 atom stereocenters. The van der Waals surface area contributed by atoms with Crippen molar-refractivity contribution in [2.75, 3.05) is 6.54 Å². The summed E-state index contributed by atoms with van der Waals surface area (Å²) in [6.07, 6.45) is 2.91. The predicted molar refractivity (Wildman–Crippen MR) is 71.1 cm³/mol. The van der Waals surface area contributed by atoms with Gasteiger partial charge >= 0.3 is 0 Å². The van der Waals surface area contributed by atoms with E-state index < -0.39 is 0 Å². The van der Waals surface area contributed by atoms with E-state index in [9.17, 15) is 0 Å². The van der Waals surface area contributed by atoms with Gasteiger partial charge in [0.15, 0.2) is 0 Å². The lowest BCUT2D eigenvalue weighted by Gasteiger charge is -2.13. The van der Waals surface area contributed by atoms with Crippen molar-refractivity contribution in [1.82, 2.24) is 10.3 Å². The molecule has 0 aliphatic heterocycles. The van der Waals surface area contributed by atoms with E-state index in [0.29, 0.717) is 0 Å². The normalized spacial score (nSPS) is 10.6. The number of pyridine rings is 1. The van der Waals surface area contributed by atoms with Crippen molar-refractivity contribution in [3.63, 3.8) is 0 Å². The molecule has 0 aromatic carbocycles. The molecule has 0 aliphatic rings. The third-order valence-electron chi connectivity index (χ3n) is 2.24. The van der Waals surface area contributed by atoms with Crippen LogP contribution >= 0.6 is 0 Å². The van der Waals surface area contributed by atoms with Crippen LogP contribution in [0, 0.1) is 0 Å². The predicted octanol–water partition coefficient (Wildman–Crippen LogP) is 2.92. The molecular formula is C14H22N2O. The summed E-state index contributed by atoms with van der Waals surface area (Å²) in [7, 11) is 0. The minimum atomic E-state index is 0.152. The molecule has 94 valence electrons. The summed E-state index contributed by atoms with van der Waals surface area (Å²) in [6, 6.07) is 3.97. The molecule has 0 amide bonds. The van der Waals surface area contributed by atoms with Crippen molar-refractivity contribution >= 4 is 0 Å². The van der Waals surface area contributed by atoms with Gasteiger partial charge in [0.2, 0.25) is 5.88 Å². The molecule has 0 spiro atoms. The molecule has 0 radical (unpaired) electrons. The minimum absolute atomic E-state index is 0.152. The maximum atomic E-state index is 5.65. The topological polar surface area (TPSA) is 34.2 Å². The Morgan fingerprint density at radius 1 is 1.53 bits per heavy atom. The number of rotatable bonds is 7. The van der Waals surface area contributed by atoms with Crippen LogP contribution < -0.4 is 10.1 Å². The molecule has 0 unspecified atom stereocenters. The van der Waals surface area contributed by atoms with Crippen molar-refractivity contribution in [2.24, 2.45) is 0 Å². The van der Waals surface area contributed by atoms with Crippen LogP contribution in [0.25, 0.3) is 0 Å². The van der Waals surface area contributed by atoms with Gasteiger partial charge in [0.25, 0.3) is 0 Å². The van der Waals surface area contributed by atoms with Crippen molar-refractivity contribution in [3.8, 4) is 5.88 Å². The first-order chi connectivity index (χ1) is 8.09. The van der Waals surface area contributed by atoms with Gasteiger partial charge in [0, 0.05) is 18.3 Å². The average Bonchev–Trinajstić information content (AvgIpc) is 2.25. The Balaban J connectivity index is 2.49. The molecular weight excluding hydrogens is 212 g/mol. The Morgan fingerprint density at radius 3 is 2.94 bits per heavy atom. The summed E-state index contributed by atoms with van der Waals surface area (Å²) in [5.74, 6) is 0.727. The molecule has 3 heteroatoms. The van der Waals surface area contributed by atoms with Gasteiger partial charge in [0.1, 0.15) is 0 Å². The molecule has 1 N–H and O–H groups in total. The molecule has 0 bridgehead atoms. The highest BCUT2D eigenvalue weighted by atomic mass is 16.5. The second-order valence-electron chi connectivity index (χ2n) is 4.52. The van der Waals surface area contributed by atoms with E-state index in [1.807, 2.05) is 32.9 Å². The average molecular weight is 234 g/mol. The van der Waals surface area contributed by atoms with Crippen molar-refractivity contribution < 1.29 is 4.74 Å². The van der Waals surface area contributed by atoms with E-state index in [1.54, 1.807) is 6.20 Å². The quantitative estimate of drug-likeness (QED) is 0.582. The van der Waals surface area contributed by atoms with Gasteiger partial charge < -0.3 is 10.1 Å². The Hall–Kier alpha value is -1.35. The van der Waals surface area contributed by atoms with Crippen LogP contribution in [0.5, 0.6) is 5.88 Å². The second kappa shape index (κ2) is 7.07. The third kappa shape index (κ3) is 5.50. The molecule has 0 aliphatic carbocycles. The summed E-state index contributed by atoms with van der Waals surface area (Å²) >= 11 is 0. The van der Waals surface area contributed by atoms with E-state index in [-0.39, 0.29) is 6.10 Å². The van der Waals surface area contributed by atoms with Crippen LogP contribution in [0.3, 0.4) is 0 Å². The first kappa shape index (κ1) is 13.7. The fraction of sp³-hybridized carbons (Fsp3) is 0.500. The zero-order valence-electron chi connectivity index (χ0n) is 11.0. The van der Waals surface area contributed by atoms with Crippen molar-refractivity contribution in [1.29, 1.82) is 0 Å². The number of nitrogens with zero attached hydrogens (tertiary/aromatic N) is 1. The highest BCUT2D eigenvalue weighted by Gasteiger charge is 2.05. The monoisotopic (exact) mass is 234 g/mol. The Morgan fingerprint density at radius 2 is 2.29 bits per heavy atom. The lowest BCUT2D eigenvalue weighted by atomic mass is 10.2. The Labute approximate surface area is 104 Å². The minimum Gasteiger partial charge on any atom is -0.475 e. The molecule has 1 aromatic rings. The number of hydrogen-bond donors (Lipinski definition) is 1. The lowest BCUT2D eigenvalue weighted by Crippen LogP contribution is -2.17. The summed E-state index contributed by atoms with van der Waals surface area (Å²) in [5.41, 5.74) is 2.30. The van der Waals surface area contributed by atoms with Gasteiger partial charge in [-0.05, 0) is 39.8 Å². The molecule has 1 aromatic heterocycles. The summed E-state index contributed by atoms with van der Waals surface area (Å²) in [6.45, 7) is 11.7. The van der Waals surface area contributed by atoms with E-state index in [2.05, 4.69) is 16.9 Å². The van der Waals surface area contributed by atoms with Crippen LogP contribution in [0.15, 0.2) is 30.5 Å². The number of hydrogen-bond acceptors (Lipinski definition) is 3. The smallest absolute Gasteiger partial charge is 0.218 e. The largest absolute Gasteiger partial charge is 0.475 e. The molecule has 1 rings (SSSR count). The third-order valence-corrected chi connectivity index (χ3v) is 2.24. The maximum Gasteiger partial charge on any atom is 0.218 e. The van der Waals surface area contributed by atoms with Gasteiger partial charge in [-0.15, -0.1) is 6.58 Å². The fourth-order valence-corrected chi connectivity index (χ4v) is 1.41. The van der Waals surface area contributed by atoms with Crippen molar-refractivity contribution in [3.05, 3.63) is 36.0 Å². The Bertz CT molecular complexity index is 361. The molecule has 0 fully saturated rings. The van der Waals surface area contributed by atoms with Gasteiger partial charge in [-0.1, -0.05) is 11.6 Å². The highest BCUT2D eigenvalue weighted by molar-refractivity contribution is 5.25. The van der Waals surface area contributed by atoms with E-state index in [1.165, 1.54) is 5.57 Å². The van der Waals surface area contributed by atoms with Crippen LogP contribution in [-0.2, 0) is 6.54 Å². The van der Waals surface area contributed by atoms with Gasteiger partial charge in [-0.3, -0.25) is 0 Å². The number of aromatic nitrogens is 1. The first-order valence-electron chi connectivity index (χ1n) is 6.05. The molecule has 17 heavy (non-hydrogen) atoms. The summed E-state index contributed by atoms with van der Waals surface area (Å²) < 4.78 is 5.65. The summed E-state index contributed by atoms with van der Waals surface area (Å²) in [4.78, 5) is 4.25. The molecule has 3 nitrogen and oxygen atoms in total. The number of nitrogens with one attached hydrogen (secondary N) is 1. The molecule has 0 saturated heterocycles. The van der Waals surface area contributed by atoms with Crippen molar-refractivity contribution in [2.45, 2.75) is 39.8 Å². The van der Waals surface area contributed by atoms with Crippen LogP contribution in [0.4, 0.5) is 0 Å². The van der Waals surface area contributed by atoms with E-state index in [0.717, 1.165) is 31.0 Å². The van der Waals surface area contributed by atoms with Crippen LogP contribution in [0.2, 0.25) is 0 Å². The highest BCUT2D eigenvalue weighted by Crippen LogP contribution is 2.15. The van der Waals surface area contributed by atoms with Gasteiger partial charge in [0.05, 0.1) is 6.10 Å². The fourth-order valence-electron chi connectivity index (χ4n) is 1.41. The first-order valence-corrected chi connectivity index (χ1v) is 6.05. The SMILES string of the molecule is C=C(C)CCNCc1cccnc1OC(C)C. The maximum absolute atomic E-state index is 5.65. The zero-order chi connectivity index (χ0) is 12.7. The standard InChI is InChI=1S/C14H22N2O/c1-11(2)7-9-15-10-13-6-5-8-16-14(13)17-12(3)4/h5-6,8,12,15H,1,7,9-10H2,2-4H3. The van der Waals surface area contributed by atoms with Gasteiger partial charge in [-0.25, -0.2) is 4.98 Å². The lowest BCUT2D eigenvalue weighted by molar-refractivity contribution is 0.229. The van der Waals surface area contributed by atoms with Crippen LogP contribution in [0.1, 0.15) is 32.8 Å². The molecule has 0 saturated carbocycles. The molecule has 1 heterocycles. The number of ether oxygens (including phenoxy) is 1. The zero-order valence-corrected chi connectivity index (χ0v) is 11.0. The Kier molecular flexibility index (Phi) is 5.70. The van der Waals surface area contributed by atoms with Gasteiger partial charge in [-0.2, -0.15) is 0 Å².